The van der Waals surface area contributed by atoms with Crippen molar-refractivity contribution in [1.29, 1.82) is 0 Å². The number of esters is 1. The fraction of sp³-hybridized carbons (Fsp3) is 0.727. The van der Waals surface area contributed by atoms with Crippen molar-refractivity contribution in [2.75, 3.05) is 0 Å². The molecule has 96 valence electrons. The minimum absolute atomic E-state index is 0.487. The van der Waals surface area contributed by atoms with Gasteiger partial charge in [0.2, 0.25) is 5.60 Å². The number of carboxylic acids is 1. The van der Waals surface area contributed by atoms with E-state index >= 15 is 0 Å². The van der Waals surface area contributed by atoms with Crippen molar-refractivity contribution in [2.45, 2.75) is 51.2 Å². The fourth-order valence-electron chi connectivity index (χ4n) is 1.37. The molecule has 1 fully saturated rings. The van der Waals surface area contributed by atoms with Crippen LogP contribution in [0.2, 0.25) is 0 Å². The maximum Gasteiger partial charge on any atom is 0.353 e. The summed E-state index contributed by atoms with van der Waals surface area (Å²) in [5, 5.41) is 11.7. The lowest BCUT2D eigenvalue weighted by molar-refractivity contribution is -0.196. The standard InChI is InChI=1S/C11H17NO5/c1-10(2,3)16-9(15)11(5-4-6-11)17-12-7-8(13)14/h7H,4-6H2,1-3H3,(H,13,14). The predicted octanol–water partition coefficient (Wildman–Crippen LogP) is 1.34. The Morgan fingerprint density at radius 2 is 1.94 bits per heavy atom. The smallest absolute Gasteiger partial charge is 0.353 e. The lowest BCUT2D eigenvalue weighted by Crippen LogP contribution is -2.50. The minimum Gasteiger partial charge on any atom is -0.477 e. The number of hydrogen-bond acceptors (Lipinski definition) is 5. The lowest BCUT2D eigenvalue weighted by atomic mass is 9.80. The molecule has 1 saturated carbocycles. The number of oxime groups is 1. The van der Waals surface area contributed by atoms with E-state index in [0.717, 1.165) is 6.42 Å². The summed E-state index contributed by atoms with van der Waals surface area (Å²) in [5.41, 5.74) is -1.70. The maximum absolute atomic E-state index is 11.9. The van der Waals surface area contributed by atoms with Crippen molar-refractivity contribution in [3.63, 3.8) is 0 Å². The SMILES string of the molecule is CC(C)(C)OC(=O)C1(ON=CC(=O)O)CCC1. The largest absolute Gasteiger partial charge is 0.477 e. The van der Waals surface area contributed by atoms with E-state index in [0.29, 0.717) is 19.1 Å². The summed E-state index contributed by atoms with van der Waals surface area (Å²) in [6.07, 6.45) is 2.45. The third kappa shape index (κ3) is 3.72. The van der Waals surface area contributed by atoms with Gasteiger partial charge in [0.1, 0.15) is 5.60 Å². The lowest BCUT2D eigenvalue weighted by Gasteiger charge is -2.38. The highest BCUT2D eigenvalue weighted by Gasteiger charge is 2.50. The van der Waals surface area contributed by atoms with Crippen molar-refractivity contribution in [3.8, 4) is 0 Å². The van der Waals surface area contributed by atoms with Gasteiger partial charge in [-0.05, 0) is 27.2 Å². The summed E-state index contributed by atoms with van der Waals surface area (Å²) in [5.74, 6) is -1.71. The first-order valence-corrected chi connectivity index (χ1v) is 5.43. The Labute approximate surface area is 99.6 Å². The van der Waals surface area contributed by atoms with Crippen LogP contribution in [-0.2, 0) is 19.2 Å². The van der Waals surface area contributed by atoms with Gasteiger partial charge in [-0.15, -0.1) is 0 Å². The summed E-state index contributed by atoms with van der Waals surface area (Å²) in [4.78, 5) is 27.1. The number of nitrogens with zero attached hydrogens (tertiary/aromatic N) is 1. The van der Waals surface area contributed by atoms with Gasteiger partial charge in [-0.3, -0.25) is 0 Å². The van der Waals surface area contributed by atoms with Crippen LogP contribution in [0.3, 0.4) is 0 Å². The van der Waals surface area contributed by atoms with Gasteiger partial charge in [-0.25, -0.2) is 9.59 Å². The second-order valence-corrected chi connectivity index (χ2v) is 5.01. The monoisotopic (exact) mass is 243 g/mol. The first-order valence-electron chi connectivity index (χ1n) is 5.43. The zero-order chi connectivity index (χ0) is 13.1. The molecule has 1 aliphatic carbocycles. The van der Waals surface area contributed by atoms with Crippen LogP contribution < -0.4 is 0 Å². The molecule has 1 aliphatic rings. The molecule has 0 amide bonds. The molecule has 0 aliphatic heterocycles. The van der Waals surface area contributed by atoms with Gasteiger partial charge in [0.25, 0.3) is 0 Å². The molecule has 0 aromatic heterocycles. The molecule has 0 unspecified atom stereocenters. The van der Waals surface area contributed by atoms with E-state index in [4.69, 9.17) is 14.7 Å². The topological polar surface area (TPSA) is 85.2 Å². The Morgan fingerprint density at radius 3 is 2.29 bits per heavy atom. The highest BCUT2D eigenvalue weighted by Crippen LogP contribution is 2.38. The Morgan fingerprint density at radius 1 is 1.35 bits per heavy atom. The molecule has 0 spiro atoms. The van der Waals surface area contributed by atoms with Gasteiger partial charge in [-0.1, -0.05) is 5.16 Å². The number of carboxylic acid groups (broad SMARTS) is 1. The average Bonchev–Trinajstić information content (AvgIpc) is 2.05. The van der Waals surface area contributed by atoms with Crippen LogP contribution in [-0.4, -0.2) is 34.5 Å². The van der Waals surface area contributed by atoms with Crippen LogP contribution >= 0.6 is 0 Å². The molecule has 6 nitrogen and oxygen atoms in total. The van der Waals surface area contributed by atoms with E-state index in [-0.39, 0.29) is 0 Å². The molecule has 0 radical (unpaired) electrons. The van der Waals surface area contributed by atoms with Crippen molar-refractivity contribution in [3.05, 3.63) is 0 Å². The van der Waals surface area contributed by atoms with Crippen LogP contribution in [0.4, 0.5) is 0 Å². The zero-order valence-corrected chi connectivity index (χ0v) is 10.2. The first kappa shape index (κ1) is 13.5. The molecule has 1 N–H and O–H groups in total. The van der Waals surface area contributed by atoms with E-state index in [2.05, 4.69) is 5.16 Å². The molecule has 0 bridgehead atoms. The molecule has 17 heavy (non-hydrogen) atoms. The summed E-state index contributed by atoms with van der Waals surface area (Å²) < 4.78 is 5.22. The van der Waals surface area contributed by atoms with Crippen LogP contribution in [0.1, 0.15) is 40.0 Å². The zero-order valence-electron chi connectivity index (χ0n) is 10.2. The van der Waals surface area contributed by atoms with E-state index in [1.54, 1.807) is 20.8 Å². The van der Waals surface area contributed by atoms with E-state index in [1.165, 1.54) is 0 Å². The van der Waals surface area contributed by atoms with Gasteiger partial charge < -0.3 is 14.7 Å². The Hall–Kier alpha value is -1.59. The molecule has 0 aromatic carbocycles. The van der Waals surface area contributed by atoms with E-state index in [9.17, 15) is 9.59 Å². The second kappa shape index (κ2) is 4.73. The second-order valence-electron chi connectivity index (χ2n) is 5.01. The molecule has 0 aromatic rings. The summed E-state index contributed by atoms with van der Waals surface area (Å²) in [6.45, 7) is 5.29. The number of aliphatic carboxylic acids is 1. The van der Waals surface area contributed by atoms with Gasteiger partial charge in [-0.2, -0.15) is 0 Å². The number of ether oxygens (including phenoxy) is 1. The van der Waals surface area contributed by atoms with Crippen molar-refractivity contribution in [2.24, 2.45) is 5.16 Å². The predicted molar refractivity (Wildman–Crippen MR) is 59.6 cm³/mol. The fourth-order valence-corrected chi connectivity index (χ4v) is 1.37. The molecule has 0 saturated heterocycles. The maximum atomic E-state index is 11.9. The number of rotatable bonds is 4. The number of carbonyl (C=O) groups is 2. The molecular weight excluding hydrogens is 226 g/mol. The molecule has 1 rings (SSSR count). The number of hydrogen-bond donors (Lipinski definition) is 1. The quantitative estimate of drug-likeness (QED) is 0.457. The summed E-state index contributed by atoms with van der Waals surface area (Å²) in [6, 6.07) is 0. The highest BCUT2D eigenvalue weighted by molar-refractivity contribution is 6.21. The van der Waals surface area contributed by atoms with Crippen molar-refractivity contribution in [1.82, 2.24) is 0 Å². The van der Waals surface area contributed by atoms with E-state index < -0.39 is 23.1 Å². The van der Waals surface area contributed by atoms with Gasteiger partial charge in [0.15, 0.2) is 6.21 Å². The summed E-state index contributed by atoms with van der Waals surface area (Å²) in [7, 11) is 0. The van der Waals surface area contributed by atoms with Crippen molar-refractivity contribution >= 4 is 18.2 Å². The van der Waals surface area contributed by atoms with E-state index in [1.807, 2.05) is 0 Å². The average molecular weight is 243 g/mol. The first-order chi connectivity index (χ1) is 7.75. The van der Waals surface area contributed by atoms with Crippen molar-refractivity contribution < 1.29 is 24.3 Å². The Balaban J connectivity index is 2.62. The third-order valence-corrected chi connectivity index (χ3v) is 2.32. The molecular formula is C11H17NO5. The molecule has 0 atom stereocenters. The minimum atomic E-state index is -1.22. The summed E-state index contributed by atoms with van der Waals surface area (Å²) >= 11 is 0. The third-order valence-electron chi connectivity index (χ3n) is 2.32. The van der Waals surface area contributed by atoms with Crippen LogP contribution in [0.15, 0.2) is 5.16 Å². The molecule has 0 heterocycles. The van der Waals surface area contributed by atoms with Gasteiger partial charge in [0.05, 0.1) is 0 Å². The van der Waals surface area contributed by atoms with Gasteiger partial charge in [0, 0.05) is 12.8 Å². The van der Waals surface area contributed by atoms with Crippen LogP contribution in [0.25, 0.3) is 0 Å². The number of carbonyl (C=O) groups excluding carboxylic acids is 1. The highest BCUT2D eigenvalue weighted by atomic mass is 16.7. The van der Waals surface area contributed by atoms with Crippen LogP contribution in [0, 0.1) is 0 Å². The van der Waals surface area contributed by atoms with Crippen LogP contribution in [0.5, 0.6) is 0 Å². The normalized spacial score (nSPS) is 18.5. The Bertz CT molecular complexity index is 338. The Kier molecular flexibility index (Phi) is 3.75. The molecule has 6 heteroatoms. The van der Waals surface area contributed by atoms with Gasteiger partial charge >= 0.3 is 11.9 Å².